The fourth-order valence-corrected chi connectivity index (χ4v) is 1.93. The summed E-state index contributed by atoms with van der Waals surface area (Å²) >= 11 is 0. The summed E-state index contributed by atoms with van der Waals surface area (Å²) in [6, 6.07) is 9.51. The van der Waals surface area contributed by atoms with Gasteiger partial charge in [-0.1, -0.05) is 37.3 Å². The number of aromatic amines is 1. The molecule has 6 nitrogen and oxygen atoms in total. The molecule has 0 saturated heterocycles. The lowest BCUT2D eigenvalue weighted by Gasteiger charge is -2.20. The van der Waals surface area contributed by atoms with Crippen molar-refractivity contribution in [2.24, 2.45) is 0 Å². The van der Waals surface area contributed by atoms with Gasteiger partial charge in [0.05, 0.1) is 12.0 Å². The highest BCUT2D eigenvalue weighted by Gasteiger charge is 2.15. The van der Waals surface area contributed by atoms with Gasteiger partial charge in [0.25, 0.3) is 0 Å². The van der Waals surface area contributed by atoms with Crippen LogP contribution >= 0.6 is 0 Å². The van der Waals surface area contributed by atoms with E-state index in [4.69, 9.17) is 4.84 Å². The average molecular weight is 288 g/mol. The quantitative estimate of drug-likeness (QED) is 0.803. The maximum atomic E-state index is 12.0. The number of rotatable bonds is 6. The molecule has 1 aromatic carbocycles. The zero-order chi connectivity index (χ0) is 15.1. The number of hydroxylamine groups is 1. The van der Waals surface area contributed by atoms with E-state index in [2.05, 4.69) is 15.4 Å². The number of aromatic nitrogens is 2. The number of urea groups is 1. The third-order valence-electron chi connectivity index (χ3n) is 3.12. The van der Waals surface area contributed by atoms with Gasteiger partial charge in [0.2, 0.25) is 0 Å². The van der Waals surface area contributed by atoms with Crippen LogP contribution in [0.3, 0.4) is 0 Å². The summed E-state index contributed by atoms with van der Waals surface area (Å²) in [5, 5.41) is 0. The minimum Gasteiger partial charge on any atom is -0.351 e. The van der Waals surface area contributed by atoms with Crippen molar-refractivity contribution in [3.63, 3.8) is 0 Å². The van der Waals surface area contributed by atoms with Gasteiger partial charge in [0.15, 0.2) is 0 Å². The van der Waals surface area contributed by atoms with Crippen LogP contribution in [-0.2, 0) is 11.4 Å². The molecule has 1 aromatic heterocycles. The number of benzene rings is 1. The molecule has 0 aliphatic carbocycles. The molecule has 0 spiro atoms. The summed E-state index contributed by atoms with van der Waals surface area (Å²) in [6.07, 6.45) is 3.80. The Balaban J connectivity index is 1.83. The number of nitrogens with zero attached hydrogens (tertiary/aromatic N) is 2. The molecule has 0 aliphatic heterocycles. The molecule has 0 fully saturated rings. The first-order valence-corrected chi connectivity index (χ1v) is 6.90. The van der Waals surface area contributed by atoms with Gasteiger partial charge in [-0.2, -0.15) is 0 Å². The summed E-state index contributed by atoms with van der Waals surface area (Å²) in [7, 11) is 1.72. The summed E-state index contributed by atoms with van der Waals surface area (Å²) in [6.45, 7) is 2.49. The second-order valence-corrected chi connectivity index (χ2v) is 4.76. The Labute approximate surface area is 124 Å². The number of hydrogen-bond donors (Lipinski definition) is 2. The van der Waals surface area contributed by atoms with E-state index in [1.54, 1.807) is 24.5 Å². The molecular formula is C15H20N4O2. The van der Waals surface area contributed by atoms with Crippen LogP contribution in [0.4, 0.5) is 4.79 Å². The summed E-state index contributed by atoms with van der Waals surface area (Å²) in [5.41, 5.74) is 4.31. The molecule has 0 saturated carbocycles. The first-order chi connectivity index (χ1) is 10.2. The van der Waals surface area contributed by atoms with Crippen molar-refractivity contribution < 1.29 is 9.63 Å². The third kappa shape index (κ3) is 4.32. The second-order valence-electron chi connectivity index (χ2n) is 4.76. The van der Waals surface area contributed by atoms with E-state index in [1.165, 1.54) is 0 Å². The van der Waals surface area contributed by atoms with E-state index >= 15 is 0 Å². The first kappa shape index (κ1) is 15.1. The van der Waals surface area contributed by atoms with Crippen LogP contribution in [-0.4, -0.2) is 27.9 Å². The molecule has 2 amide bonds. The van der Waals surface area contributed by atoms with Crippen molar-refractivity contribution >= 4 is 6.03 Å². The van der Waals surface area contributed by atoms with Crippen LogP contribution < -0.4 is 5.48 Å². The highest BCUT2D eigenvalue weighted by molar-refractivity contribution is 5.72. The van der Waals surface area contributed by atoms with Crippen molar-refractivity contribution in [1.29, 1.82) is 0 Å². The predicted octanol–water partition coefficient (Wildman–Crippen LogP) is 2.63. The monoisotopic (exact) mass is 288 g/mol. The molecule has 2 rings (SSSR count). The molecule has 1 heterocycles. The van der Waals surface area contributed by atoms with Crippen molar-refractivity contribution in [2.75, 3.05) is 7.05 Å². The Morgan fingerprint density at radius 3 is 2.81 bits per heavy atom. The second kappa shape index (κ2) is 7.44. The highest BCUT2D eigenvalue weighted by atomic mass is 16.7. The molecule has 2 N–H and O–H groups in total. The smallest absolute Gasteiger partial charge is 0.341 e. The van der Waals surface area contributed by atoms with Crippen LogP contribution in [0.5, 0.6) is 0 Å². The Morgan fingerprint density at radius 1 is 1.43 bits per heavy atom. The summed E-state index contributed by atoms with van der Waals surface area (Å²) in [5.74, 6) is 0. The minimum atomic E-state index is -0.284. The fourth-order valence-electron chi connectivity index (χ4n) is 1.93. The number of amides is 2. The van der Waals surface area contributed by atoms with E-state index in [-0.39, 0.29) is 12.1 Å². The topological polar surface area (TPSA) is 70.2 Å². The normalized spacial score (nSPS) is 11.9. The maximum absolute atomic E-state index is 12.0. The van der Waals surface area contributed by atoms with Gasteiger partial charge in [-0.3, -0.25) is 4.84 Å². The lowest BCUT2D eigenvalue weighted by Crippen LogP contribution is -2.37. The molecule has 0 bridgehead atoms. The largest absolute Gasteiger partial charge is 0.351 e. The van der Waals surface area contributed by atoms with E-state index in [0.29, 0.717) is 13.0 Å². The Morgan fingerprint density at radius 2 is 2.19 bits per heavy atom. The Hall–Kier alpha value is -2.34. The summed E-state index contributed by atoms with van der Waals surface area (Å²) in [4.78, 5) is 26.0. The van der Waals surface area contributed by atoms with E-state index in [9.17, 15) is 4.79 Å². The van der Waals surface area contributed by atoms with Crippen LogP contribution in [0.2, 0.25) is 0 Å². The molecule has 112 valence electrons. The number of H-pyrrole nitrogens is 1. The lowest BCUT2D eigenvalue weighted by molar-refractivity contribution is -0.0163. The third-order valence-corrected chi connectivity index (χ3v) is 3.12. The average Bonchev–Trinajstić information content (AvgIpc) is 3.03. The molecule has 21 heavy (non-hydrogen) atoms. The van der Waals surface area contributed by atoms with E-state index in [1.807, 2.05) is 37.3 Å². The summed E-state index contributed by atoms with van der Waals surface area (Å²) < 4.78 is 0. The number of nitrogens with one attached hydrogen (secondary N) is 2. The number of carbonyl (C=O) groups excluding carboxylic acids is 1. The first-order valence-electron chi connectivity index (χ1n) is 6.90. The van der Waals surface area contributed by atoms with Gasteiger partial charge in [-0.05, 0) is 12.0 Å². The van der Waals surface area contributed by atoms with Crippen LogP contribution in [0, 0.1) is 0 Å². The van der Waals surface area contributed by atoms with Gasteiger partial charge in [-0.15, -0.1) is 0 Å². The van der Waals surface area contributed by atoms with E-state index < -0.39 is 0 Å². The van der Waals surface area contributed by atoms with Crippen molar-refractivity contribution in [1.82, 2.24) is 20.3 Å². The zero-order valence-corrected chi connectivity index (χ0v) is 12.2. The predicted molar refractivity (Wildman–Crippen MR) is 79.1 cm³/mol. The van der Waals surface area contributed by atoms with Gasteiger partial charge >= 0.3 is 6.03 Å². The van der Waals surface area contributed by atoms with Gasteiger partial charge in [0.1, 0.15) is 6.10 Å². The number of carbonyl (C=O) groups is 1. The standard InChI is InChI=1S/C15H20N4O2/c1-3-14(13-9-16-11-17-13)21-18-15(20)19(2)10-12-7-5-4-6-8-12/h4-9,11,14H,3,10H2,1-2H3,(H,16,17)(H,18,20). The minimum absolute atomic E-state index is 0.259. The maximum Gasteiger partial charge on any atom is 0.341 e. The van der Waals surface area contributed by atoms with Crippen molar-refractivity contribution in [3.05, 3.63) is 54.1 Å². The number of hydrogen-bond acceptors (Lipinski definition) is 3. The van der Waals surface area contributed by atoms with Gasteiger partial charge < -0.3 is 9.88 Å². The lowest BCUT2D eigenvalue weighted by atomic mass is 10.2. The van der Waals surface area contributed by atoms with Crippen LogP contribution in [0.25, 0.3) is 0 Å². The van der Waals surface area contributed by atoms with Crippen molar-refractivity contribution in [2.45, 2.75) is 26.0 Å². The van der Waals surface area contributed by atoms with Crippen LogP contribution in [0.1, 0.15) is 30.7 Å². The van der Waals surface area contributed by atoms with Gasteiger partial charge in [0, 0.05) is 19.8 Å². The zero-order valence-electron chi connectivity index (χ0n) is 12.2. The molecule has 1 atom stereocenters. The fraction of sp³-hybridized carbons (Fsp3) is 0.333. The van der Waals surface area contributed by atoms with Gasteiger partial charge in [-0.25, -0.2) is 15.3 Å². The molecular weight excluding hydrogens is 268 g/mol. The van der Waals surface area contributed by atoms with Crippen LogP contribution in [0.15, 0.2) is 42.9 Å². The molecule has 1 unspecified atom stereocenters. The SMILES string of the molecule is CCC(ONC(=O)N(C)Cc1ccccc1)c1c[nH]cn1. The molecule has 0 aliphatic rings. The Kier molecular flexibility index (Phi) is 5.34. The molecule has 6 heteroatoms. The number of imidazole rings is 1. The highest BCUT2D eigenvalue weighted by Crippen LogP contribution is 2.16. The van der Waals surface area contributed by atoms with E-state index in [0.717, 1.165) is 11.3 Å². The molecule has 2 aromatic rings. The molecule has 0 radical (unpaired) electrons. The van der Waals surface area contributed by atoms with Crippen molar-refractivity contribution in [3.8, 4) is 0 Å². The Bertz CT molecular complexity index is 542.